The molecule has 1 N–H and O–H groups in total. The summed E-state index contributed by atoms with van der Waals surface area (Å²) in [5, 5.41) is 12.5. The Kier molecular flexibility index (Phi) is 4.08. The van der Waals surface area contributed by atoms with Crippen LogP contribution < -0.4 is 0 Å². The first-order valence-corrected chi connectivity index (χ1v) is 7.83. The quantitative estimate of drug-likeness (QED) is 0.897. The number of nitrogens with zero attached hydrogens (tertiary/aromatic N) is 2. The summed E-state index contributed by atoms with van der Waals surface area (Å²) in [5.74, 6) is -1.03. The number of aromatic carboxylic acids is 1. The van der Waals surface area contributed by atoms with Crippen LogP contribution in [0.3, 0.4) is 0 Å². The summed E-state index contributed by atoms with van der Waals surface area (Å²) in [6, 6.07) is 4.97. The molecule has 0 atom stereocenters. The molecule has 1 heterocycles. The first-order chi connectivity index (χ1) is 9.79. The molecule has 21 heavy (non-hydrogen) atoms. The van der Waals surface area contributed by atoms with Gasteiger partial charge in [0.2, 0.25) is 5.89 Å². The Morgan fingerprint density at radius 2 is 1.90 bits per heavy atom. The molecule has 0 aliphatic rings. The molecule has 0 unspecified atom stereocenters. The van der Waals surface area contributed by atoms with Crippen LogP contribution in [0, 0.1) is 0 Å². The zero-order valence-electron chi connectivity index (χ0n) is 11.5. The molecular formula is C13H14N2O5S. The van der Waals surface area contributed by atoms with Gasteiger partial charge in [-0.2, -0.15) is 4.98 Å². The number of carboxylic acids is 1. The predicted molar refractivity (Wildman–Crippen MR) is 72.7 cm³/mol. The zero-order valence-corrected chi connectivity index (χ0v) is 12.3. The lowest BCUT2D eigenvalue weighted by atomic mass is 10.2. The number of hydrogen-bond donors (Lipinski definition) is 1. The molecule has 1 aromatic carbocycles. The van der Waals surface area contributed by atoms with Crippen molar-refractivity contribution in [2.75, 3.05) is 0 Å². The van der Waals surface area contributed by atoms with Crippen LogP contribution in [0.25, 0.3) is 0 Å². The molecule has 0 saturated heterocycles. The van der Waals surface area contributed by atoms with Crippen LogP contribution in [0.2, 0.25) is 0 Å². The lowest BCUT2D eigenvalue weighted by Gasteiger charge is -2.02. The minimum Gasteiger partial charge on any atom is -0.478 e. The van der Waals surface area contributed by atoms with Gasteiger partial charge in [0.05, 0.1) is 10.5 Å². The second-order valence-electron chi connectivity index (χ2n) is 4.79. The maximum atomic E-state index is 12.2. The maximum Gasteiger partial charge on any atom is 0.335 e. The monoisotopic (exact) mass is 310 g/mol. The molecule has 0 fully saturated rings. The van der Waals surface area contributed by atoms with Crippen molar-refractivity contribution in [1.82, 2.24) is 10.1 Å². The Labute approximate surface area is 121 Å². The highest BCUT2D eigenvalue weighted by Crippen LogP contribution is 2.18. The fourth-order valence-corrected chi connectivity index (χ4v) is 2.77. The Morgan fingerprint density at radius 1 is 1.29 bits per heavy atom. The van der Waals surface area contributed by atoms with Crippen LogP contribution in [0.1, 0.15) is 41.8 Å². The van der Waals surface area contributed by atoms with Crippen molar-refractivity contribution in [2.24, 2.45) is 0 Å². The SMILES string of the molecule is CC(C)c1noc(CS(=O)(=O)c2ccc(C(=O)O)cc2)n1. The van der Waals surface area contributed by atoms with E-state index in [-0.39, 0.29) is 22.3 Å². The average Bonchev–Trinajstić information content (AvgIpc) is 2.87. The van der Waals surface area contributed by atoms with Crippen molar-refractivity contribution < 1.29 is 22.8 Å². The Balaban J connectivity index is 2.22. The number of aromatic nitrogens is 2. The van der Waals surface area contributed by atoms with Crippen molar-refractivity contribution in [3.63, 3.8) is 0 Å². The van der Waals surface area contributed by atoms with E-state index in [1.807, 2.05) is 13.8 Å². The highest BCUT2D eigenvalue weighted by atomic mass is 32.2. The van der Waals surface area contributed by atoms with Crippen LogP contribution in [0.15, 0.2) is 33.7 Å². The molecule has 0 aliphatic heterocycles. The number of rotatable bonds is 5. The van der Waals surface area contributed by atoms with Gasteiger partial charge in [-0.05, 0) is 24.3 Å². The van der Waals surface area contributed by atoms with Gasteiger partial charge in [0.15, 0.2) is 15.7 Å². The van der Waals surface area contributed by atoms with Crippen LogP contribution in [-0.4, -0.2) is 29.6 Å². The molecule has 112 valence electrons. The van der Waals surface area contributed by atoms with Gasteiger partial charge in [-0.25, -0.2) is 13.2 Å². The first kappa shape index (κ1) is 15.2. The summed E-state index contributed by atoms with van der Waals surface area (Å²) < 4.78 is 29.3. The van der Waals surface area contributed by atoms with E-state index in [2.05, 4.69) is 10.1 Å². The minimum absolute atomic E-state index is 0.0109. The van der Waals surface area contributed by atoms with Gasteiger partial charge in [0, 0.05) is 5.92 Å². The zero-order chi connectivity index (χ0) is 15.6. The summed E-state index contributed by atoms with van der Waals surface area (Å²) in [4.78, 5) is 14.8. The van der Waals surface area contributed by atoms with E-state index in [0.717, 1.165) is 0 Å². The van der Waals surface area contributed by atoms with Crippen molar-refractivity contribution in [1.29, 1.82) is 0 Å². The molecule has 0 bridgehead atoms. The lowest BCUT2D eigenvalue weighted by molar-refractivity contribution is 0.0696. The molecule has 1 aromatic heterocycles. The molecule has 2 rings (SSSR count). The standard InChI is InChI=1S/C13H14N2O5S/c1-8(2)12-14-11(20-15-12)7-21(18,19)10-5-3-9(4-6-10)13(16)17/h3-6,8H,7H2,1-2H3,(H,16,17). The third-order valence-corrected chi connectivity index (χ3v) is 4.39. The van der Waals surface area contributed by atoms with Gasteiger partial charge in [0.1, 0.15) is 5.75 Å². The Bertz CT molecular complexity index is 747. The second-order valence-corrected chi connectivity index (χ2v) is 6.78. The highest BCUT2D eigenvalue weighted by molar-refractivity contribution is 7.90. The molecule has 8 heteroatoms. The Morgan fingerprint density at radius 3 is 2.38 bits per heavy atom. The van der Waals surface area contributed by atoms with E-state index in [4.69, 9.17) is 9.63 Å². The first-order valence-electron chi connectivity index (χ1n) is 6.18. The van der Waals surface area contributed by atoms with Gasteiger partial charge in [-0.15, -0.1) is 0 Å². The largest absolute Gasteiger partial charge is 0.478 e. The van der Waals surface area contributed by atoms with E-state index in [9.17, 15) is 13.2 Å². The van der Waals surface area contributed by atoms with E-state index in [1.54, 1.807) is 0 Å². The van der Waals surface area contributed by atoms with E-state index in [1.165, 1.54) is 24.3 Å². The number of carbonyl (C=O) groups is 1. The summed E-state index contributed by atoms with van der Waals surface area (Å²) >= 11 is 0. The third kappa shape index (κ3) is 3.46. The summed E-state index contributed by atoms with van der Waals surface area (Å²) in [6.45, 7) is 3.74. The van der Waals surface area contributed by atoms with Crippen LogP contribution in [-0.2, 0) is 15.6 Å². The van der Waals surface area contributed by atoms with Crippen molar-refractivity contribution in [3.05, 3.63) is 41.5 Å². The fraction of sp³-hybridized carbons (Fsp3) is 0.308. The molecule has 0 spiro atoms. The van der Waals surface area contributed by atoms with Gasteiger partial charge in [0.25, 0.3) is 0 Å². The van der Waals surface area contributed by atoms with Gasteiger partial charge in [-0.1, -0.05) is 19.0 Å². The van der Waals surface area contributed by atoms with Crippen molar-refractivity contribution in [2.45, 2.75) is 30.4 Å². The second kappa shape index (κ2) is 5.65. The fourth-order valence-electron chi connectivity index (χ4n) is 1.61. The highest BCUT2D eigenvalue weighted by Gasteiger charge is 2.20. The molecule has 0 amide bonds. The molecule has 0 aliphatic carbocycles. The third-order valence-electron chi connectivity index (χ3n) is 2.77. The summed E-state index contributed by atoms with van der Waals surface area (Å²) in [7, 11) is -3.66. The molecular weight excluding hydrogens is 296 g/mol. The van der Waals surface area contributed by atoms with E-state index >= 15 is 0 Å². The molecule has 2 aromatic rings. The topological polar surface area (TPSA) is 110 Å². The van der Waals surface area contributed by atoms with Crippen LogP contribution in [0.4, 0.5) is 0 Å². The van der Waals surface area contributed by atoms with Gasteiger partial charge >= 0.3 is 5.97 Å². The number of hydrogen-bond acceptors (Lipinski definition) is 6. The van der Waals surface area contributed by atoms with Crippen LogP contribution in [0.5, 0.6) is 0 Å². The number of benzene rings is 1. The Hall–Kier alpha value is -2.22. The minimum atomic E-state index is -3.66. The molecule has 0 radical (unpaired) electrons. The average molecular weight is 310 g/mol. The van der Waals surface area contributed by atoms with Crippen molar-refractivity contribution in [3.8, 4) is 0 Å². The summed E-state index contributed by atoms with van der Waals surface area (Å²) in [5.41, 5.74) is 0.0221. The smallest absolute Gasteiger partial charge is 0.335 e. The van der Waals surface area contributed by atoms with E-state index in [0.29, 0.717) is 5.82 Å². The lowest BCUT2D eigenvalue weighted by Crippen LogP contribution is -2.06. The van der Waals surface area contributed by atoms with Gasteiger partial charge < -0.3 is 9.63 Å². The normalized spacial score (nSPS) is 11.8. The number of sulfone groups is 1. The number of carboxylic acid groups (broad SMARTS) is 1. The van der Waals surface area contributed by atoms with Crippen molar-refractivity contribution >= 4 is 15.8 Å². The van der Waals surface area contributed by atoms with E-state index < -0.39 is 21.6 Å². The molecule has 7 nitrogen and oxygen atoms in total. The predicted octanol–water partition coefficient (Wildman–Crippen LogP) is 1.87. The maximum absolute atomic E-state index is 12.2. The van der Waals surface area contributed by atoms with Crippen LogP contribution >= 0.6 is 0 Å². The summed E-state index contributed by atoms with van der Waals surface area (Å²) in [6.07, 6.45) is 0. The van der Waals surface area contributed by atoms with Gasteiger partial charge in [-0.3, -0.25) is 0 Å². The molecule has 0 saturated carbocycles.